The van der Waals surface area contributed by atoms with Gasteiger partial charge in [0.25, 0.3) is 36.3 Å². The van der Waals surface area contributed by atoms with Crippen LogP contribution in [0.5, 0.6) is 0 Å². The van der Waals surface area contributed by atoms with Gasteiger partial charge in [0, 0.05) is 12.7 Å². The Kier molecular flexibility index (Phi) is 8.97. The Morgan fingerprint density at radius 2 is 1.45 bits per heavy atom. The Morgan fingerprint density at radius 3 is 1.94 bits per heavy atom. The topological polar surface area (TPSA) is 178 Å². The van der Waals surface area contributed by atoms with Crippen molar-refractivity contribution in [1.82, 2.24) is 5.32 Å². The van der Waals surface area contributed by atoms with Gasteiger partial charge in [-0.3, -0.25) is 17.3 Å². The minimum atomic E-state index is -4.24. The van der Waals surface area contributed by atoms with Gasteiger partial charge in [0.2, 0.25) is 0 Å². The lowest BCUT2D eigenvalue weighted by Crippen LogP contribution is -2.66. The second-order valence-corrected chi connectivity index (χ2v) is 12.0. The maximum Gasteiger partial charge on any atom is 0.264 e. The van der Waals surface area contributed by atoms with Crippen molar-refractivity contribution in [3.63, 3.8) is 0 Å². The third-order valence-electron chi connectivity index (χ3n) is 4.23. The van der Waals surface area contributed by atoms with Gasteiger partial charge in [0.05, 0.1) is 25.4 Å². The number of carbonyl (C=O) groups excluding carboxylic acids is 1. The molecule has 1 heterocycles. The zero-order chi connectivity index (χ0) is 25.0. The third-order valence-corrected chi connectivity index (χ3v) is 5.94. The van der Waals surface area contributed by atoms with Gasteiger partial charge in [-0.2, -0.15) is 25.3 Å². The average molecular weight is 532 g/mol. The van der Waals surface area contributed by atoms with Gasteiger partial charge in [-0.15, -0.1) is 0 Å². The first-order valence-electron chi connectivity index (χ1n) is 9.25. The molecule has 188 valence electrons. The van der Waals surface area contributed by atoms with E-state index in [2.05, 4.69) is 5.32 Å². The van der Waals surface area contributed by atoms with Crippen molar-refractivity contribution in [2.24, 2.45) is 0 Å². The Hall–Kier alpha value is -1.66. The molecule has 1 saturated heterocycles. The molecule has 0 radical (unpaired) electrons. The molecule has 1 amide bonds. The number of nitrogens with one attached hydrogen (secondary N) is 1. The normalized spacial score (nSPS) is 26.6. The molecule has 0 aliphatic carbocycles. The number of methoxy groups -OCH3 is 1. The van der Waals surface area contributed by atoms with E-state index in [-0.39, 0.29) is 5.56 Å². The second-order valence-electron chi connectivity index (χ2n) is 7.16. The van der Waals surface area contributed by atoms with E-state index in [9.17, 15) is 30.0 Å². The molecule has 0 unspecified atom stereocenters. The molecule has 0 saturated carbocycles. The maximum atomic E-state index is 12.7. The molecule has 1 N–H and O–H groups in total. The summed E-state index contributed by atoms with van der Waals surface area (Å²) in [6, 6.07) is 6.45. The summed E-state index contributed by atoms with van der Waals surface area (Å²) in [4.78, 5) is 12.7. The van der Waals surface area contributed by atoms with Gasteiger partial charge >= 0.3 is 0 Å². The lowest BCUT2D eigenvalue weighted by molar-refractivity contribution is -0.249. The van der Waals surface area contributed by atoms with Crippen LogP contribution < -0.4 is 5.32 Å². The Balaban J connectivity index is 2.50. The van der Waals surface area contributed by atoms with E-state index in [0.717, 1.165) is 6.26 Å². The molecule has 1 aliphatic rings. The summed E-state index contributed by atoms with van der Waals surface area (Å²) < 4.78 is 96.2. The summed E-state index contributed by atoms with van der Waals surface area (Å²) in [5.41, 5.74) is 0.202. The number of ether oxygens (including phenoxy) is 2. The van der Waals surface area contributed by atoms with Crippen LogP contribution in [0.25, 0.3) is 0 Å². The summed E-state index contributed by atoms with van der Waals surface area (Å²) in [7, 11) is -11.3. The van der Waals surface area contributed by atoms with E-state index < -0.39 is 73.5 Å². The van der Waals surface area contributed by atoms with Crippen molar-refractivity contribution >= 4 is 36.3 Å². The van der Waals surface area contributed by atoms with Gasteiger partial charge in [-0.1, -0.05) is 18.2 Å². The molecular formula is C17H25NO12S3. The fourth-order valence-corrected chi connectivity index (χ4v) is 4.69. The number of rotatable bonds is 10. The summed E-state index contributed by atoms with van der Waals surface area (Å²) >= 11 is 0. The van der Waals surface area contributed by atoms with Crippen molar-refractivity contribution in [2.75, 3.05) is 32.5 Å². The summed E-state index contributed by atoms with van der Waals surface area (Å²) in [6.07, 6.45) is -4.14. The number of hydrogen-bond donors (Lipinski definition) is 1. The molecule has 0 bridgehead atoms. The van der Waals surface area contributed by atoms with Crippen molar-refractivity contribution < 1.29 is 52.1 Å². The standard InChI is InChI=1S/C17H25NO12S3/c1-26-17-13(18-16(19)11-8-6-5-7-9-11)15(30-33(4,24)25)14(29-32(3,22)23)12(28-17)10-27-31(2,20)21/h5-9,12-15,17H,10H2,1-4H3,(H,18,19)/t12-,13+,14+,15+,17-/m0/s1. The highest BCUT2D eigenvalue weighted by Gasteiger charge is 2.51. The molecule has 13 nitrogen and oxygen atoms in total. The molecule has 2 rings (SSSR count). The zero-order valence-corrected chi connectivity index (χ0v) is 20.6. The van der Waals surface area contributed by atoms with E-state index in [1.807, 2.05) is 0 Å². The zero-order valence-electron chi connectivity index (χ0n) is 18.1. The fourth-order valence-electron chi connectivity index (χ4n) is 3.04. The Morgan fingerprint density at radius 1 is 0.909 bits per heavy atom. The van der Waals surface area contributed by atoms with Crippen LogP contribution in [0, 0.1) is 0 Å². The SMILES string of the molecule is CO[C@H]1O[C@@H](COS(C)(=O)=O)[C@@H](OS(C)(=O)=O)[C@H](OS(C)(=O)=O)[C@H]1NC(=O)c1ccccc1. The van der Waals surface area contributed by atoms with Crippen LogP contribution in [0.15, 0.2) is 30.3 Å². The molecule has 1 aliphatic heterocycles. The van der Waals surface area contributed by atoms with Gasteiger partial charge in [-0.05, 0) is 12.1 Å². The maximum absolute atomic E-state index is 12.7. The molecule has 5 atom stereocenters. The van der Waals surface area contributed by atoms with Gasteiger partial charge in [-0.25, -0.2) is 0 Å². The molecular weight excluding hydrogens is 506 g/mol. The third kappa shape index (κ3) is 8.90. The van der Waals surface area contributed by atoms with Crippen molar-refractivity contribution in [1.29, 1.82) is 0 Å². The van der Waals surface area contributed by atoms with Crippen LogP contribution in [0.3, 0.4) is 0 Å². The van der Waals surface area contributed by atoms with E-state index in [1.54, 1.807) is 18.2 Å². The molecule has 1 fully saturated rings. The molecule has 33 heavy (non-hydrogen) atoms. The van der Waals surface area contributed by atoms with Crippen molar-refractivity contribution in [3.8, 4) is 0 Å². The molecule has 0 spiro atoms. The predicted molar refractivity (Wildman–Crippen MR) is 114 cm³/mol. The van der Waals surface area contributed by atoms with Crippen LogP contribution in [-0.2, 0) is 52.4 Å². The minimum Gasteiger partial charge on any atom is -0.354 e. The number of carbonyl (C=O) groups is 1. The van der Waals surface area contributed by atoms with Crippen LogP contribution in [0.2, 0.25) is 0 Å². The summed E-state index contributed by atoms with van der Waals surface area (Å²) in [5, 5.41) is 2.51. The lowest BCUT2D eigenvalue weighted by atomic mass is 9.96. The minimum absolute atomic E-state index is 0.202. The Bertz CT molecular complexity index is 1130. The van der Waals surface area contributed by atoms with E-state index >= 15 is 0 Å². The molecule has 0 aromatic heterocycles. The van der Waals surface area contributed by atoms with Crippen LogP contribution in [0.1, 0.15) is 10.4 Å². The number of benzene rings is 1. The first-order valence-corrected chi connectivity index (χ1v) is 14.7. The summed E-state index contributed by atoms with van der Waals surface area (Å²) in [6.45, 7) is -0.748. The molecule has 1 aromatic carbocycles. The van der Waals surface area contributed by atoms with E-state index in [4.69, 9.17) is 22.0 Å². The molecule has 1 aromatic rings. The highest BCUT2D eigenvalue weighted by atomic mass is 32.2. The second kappa shape index (κ2) is 10.7. The van der Waals surface area contributed by atoms with Gasteiger partial charge < -0.3 is 14.8 Å². The lowest BCUT2D eigenvalue weighted by Gasteiger charge is -2.44. The number of hydrogen-bond acceptors (Lipinski definition) is 12. The first kappa shape index (κ1) is 27.6. The Labute approximate surface area is 192 Å². The van der Waals surface area contributed by atoms with Gasteiger partial charge in [0.1, 0.15) is 24.4 Å². The van der Waals surface area contributed by atoms with Crippen molar-refractivity contribution in [3.05, 3.63) is 35.9 Å². The molecule has 16 heteroatoms. The highest BCUT2D eigenvalue weighted by Crippen LogP contribution is 2.29. The summed E-state index contributed by atoms with van der Waals surface area (Å²) in [5.74, 6) is -0.669. The van der Waals surface area contributed by atoms with Crippen LogP contribution in [0.4, 0.5) is 0 Å². The largest absolute Gasteiger partial charge is 0.354 e. The number of amides is 1. The average Bonchev–Trinajstić information content (AvgIpc) is 2.67. The van der Waals surface area contributed by atoms with E-state index in [1.165, 1.54) is 19.2 Å². The first-order chi connectivity index (χ1) is 15.1. The predicted octanol–water partition coefficient (Wildman–Crippen LogP) is -1.18. The van der Waals surface area contributed by atoms with Crippen LogP contribution in [-0.4, -0.2) is 94.3 Å². The quantitative estimate of drug-likeness (QED) is 0.358. The highest BCUT2D eigenvalue weighted by molar-refractivity contribution is 7.86. The van der Waals surface area contributed by atoms with Gasteiger partial charge in [0.15, 0.2) is 6.29 Å². The monoisotopic (exact) mass is 531 g/mol. The van der Waals surface area contributed by atoms with Crippen molar-refractivity contribution in [2.45, 2.75) is 30.6 Å². The van der Waals surface area contributed by atoms with E-state index in [0.29, 0.717) is 12.5 Å². The van der Waals surface area contributed by atoms with Crippen LogP contribution >= 0.6 is 0 Å². The smallest absolute Gasteiger partial charge is 0.264 e. The fraction of sp³-hybridized carbons (Fsp3) is 0.588.